The van der Waals surface area contributed by atoms with Crippen LogP contribution in [-0.2, 0) is 17.4 Å². The molecule has 3 N–H and O–H groups in total. The van der Waals surface area contributed by atoms with Crippen molar-refractivity contribution in [2.24, 2.45) is 7.05 Å². The number of aromatic nitrogens is 2. The molecule has 4 rings (SSSR count). The molecule has 1 aliphatic rings. The van der Waals surface area contributed by atoms with Crippen LogP contribution in [0.5, 0.6) is 5.75 Å². The minimum atomic E-state index is -2.97. The summed E-state index contributed by atoms with van der Waals surface area (Å²) in [7, 11) is 3.36. The zero-order valence-corrected chi connectivity index (χ0v) is 23.9. The van der Waals surface area contributed by atoms with Crippen molar-refractivity contribution in [2.45, 2.75) is 51.7 Å². The SMILES string of the molecule is CNCCOc1c(C)nc(NC(C)c2cccc(C(F)F)c2F)c2cc(C3(O)CCN(C(C)=O)CC3)c(=O)n(C)c12. The number of nitrogens with zero attached hydrogens (tertiary/aromatic N) is 3. The number of hydrogen-bond donors (Lipinski definition) is 3. The second-order valence-corrected chi connectivity index (χ2v) is 10.5. The van der Waals surface area contributed by atoms with Gasteiger partial charge in [0.05, 0.1) is 28.4 Å². The number of rotatable bonds is 9. The van der Waals surface area contributed by atoms with Crippen LogP contribution in [0.15, 0.2) is 29.1 Å². The molecule has 222 valence electrons. The van der Waals surface area contributed by atoms with Crippen LogP contribution in [0.25, 0.3) is 10.9 Å². The molecule has 0 bridgehead atoms. The lowest BCUT2D eigenvalue weighted by atomic mass is 9.84. The summed E-state index contributed by atoms with van der Waals surface area (Å²) in [6.45, 7) is 6.22. The molecule has 2 aromatic heterocycles. The Hall–Kier alpha value is -3.64. The summed E-state index contributed by atoms with van der Waals surface area (Å²) < 4.78 is 49.2. The van der Waals surface area contributed by atoms with Gasteiger partial charge >= 0.3 is 0 Å². The third-order valence-corrected chi connectivity index (χ3v) is 7.74. The highest BCUT2D eigenvalue weighted by molar-refractivity contribution is 5.95. The van der Waals surface area contributed by atoms with Gasteiger partial charge in [0.2, 0.25) is 5.91 Å². The number of hydrogen-bond acceptors (Lipinski definition) is 7. The first-order valence-electron chi connectivity index (χ1n) is 13.5. The Morgan fingerprint density at radius 1 is 1.24 bits per heavy atom. The van der Waals surface area contributed by atoms with Gasteiger partial charge in [0.15, 0.2) is 5.75 Å². The van der Waals surface area contributed by atoms with Crippen LogP contribution in [-0.4, -0.2) is 58.8 Å². The lowest BCUT2D eigenvalue weighted by Crippen LogP contribution is -2.47. The van der Waals surface area contributed by atoms with E-state index in [4.69, 9.17) is 4.74 Å². The molecule has 3 aromatic rings. The summed E-state index contributed by atoms with van der Waals surface area (Å²) >= 11 is 0. The number of piperidine rings is 1. The van der Waals surface area contributed by atoms with Crippen molar-refractivity contribution >= 4 is 22.6 Å². The van der Waals surface area contributed by atoms with E-state index in [9.17, 15) is 27.9 Å². The Morgan fingerprint density at radius 2 is 1.90 bits per heavy atom. The van der Waals surface area contributed by atoms with E-state index in [1.54, 1.807) is 38.9 Å². The average Bonchev–Trinajstić information content (AvgIpc) is 2.92. The second kappa shape index (κ2) is 12.1. The van der Waals surface area contributed by atoms with Crippen molar-refractivity contribution in [1.29, 1.82) is 0 Å². The summed E-state index contributed by atoms with van der Waals surface area (Å²) in [6, 6.07) is 4.64. The summed E-state index contributed by atoms with van der Waals surface area (Å²) in [5.41, 5.74) is -1.55. The molecule has 1 aliphatic heterocycles. The van der Waals surface area contributed by atoms with E-state index in [1.165, 1.54) is 23.6 Å². The third kappa shape index (κ3) is 5.89. The molecule has 1 fully saturated rings. The fourth-order valence-corrected chi connectivity index (χ4v) is 5.33. The number of likely N-dealkylation sites (tertiary alicyclic amines) is 1. The molecule has 3 heterocycles. The predicted molar refractivity (Wildman–Crippen MR) is 150 cm³/mol. The Balaban J connectivity index is 1.87. The molecule has 1 amide bonds. The number of pyridine rings is 2. The smallest absolute Gasteiger partial charge is 0.266 e. The molecular formula is C29H36F3N5O4. The van der Waals surface area contributed by atoms with Crippen LogP contribution in [0.4, 0.5) is 19.0 Å². The van der Waals surface area contributed by atoms with Crippen LogP contribution >= 0.6 is 0 Å². The Labute approximate surface area is 236 Å². The van der Waals surface area contributed by atoms with Gasteiger partial charge in [-0.15, -0.1) is 0 Å². The molecule has 1 unspecified atom stereocenters. The number of alkyl halides is 2. The minimum absolute atomic E-state index is 0.0324. The lowest BCUT2D eigenvalue weighted by Gasteiger charge is -2.38. The molecule has 1 atom stereocenters. The van der Waals surface area contributed by atoms with Gasteiger partial charge in [0, 0.05) is 50.1 Å². The fraction of sp³-hybridized carbons (Fsp3) is 0.483. The van der Waals surface area contributed by atoms with Gasteiger partial charge in [-0.25, -0.2) is 18.2 Å². The topological polar surface area (TPSA) is 109 Å². The van der Waals surface area contributed by atoms with Crippen molar-refractivity contribution in [3.63, 3.8) is 0 Å². The molecule has 0 aliphatic carbocycles. The highest BCUT2D eigenvalue weighted by atomic mass is 19.3. The second-order valence-electron chi connectivity index (χ2n) is 10.5. The van der Waals surface area contributed by atoms with Crippen LogP contribution in [0.3, 0.4) is 0 Å². The predicted octanol–water partition coefficient (Wildman–Crippen LogP) is 3.92. The number of carbonyl (C=O) groups excluding carboxylic acids is 1. The van der Waals surface area contributed by atoms with Gasteiger partial charge < -0.3 is 29.9 Å². The fourth-order valence-electron chi connectivity index (χ4n) is 5.33. The number of nitrogens with one attached hydrogen (secondary N) is 2. The number of ether oxygens (including phenoxy) is 1. The molecule has 0 saturated carbocycles. The standard InChI is InChI=1S/C29H36F3N5O4/c1-16(19-7-6-8-20(23(19)30)26(31)32)34-27-21-15-22(29(40)9-12-37(13-10-29)18(3)38)28(39)36(5)24(21)25(17(2)35-27)41-14-11-33-4/h6-8,15-16,26,33,40H,9-14H2,1-5H3,(H,34,35). The van der Waals surface area contributed by atoms with E-state index in [2.05, 4.69) is 15.6 Å². The molecule has 9 nitrogen and oxygen atoms in total. The van der Waals surface area contributed by atoms with Gasteiger partial charge in [-0.3, -0.25) is 9.59 Å². The van der Waals surface area contributed by atoms with Gasteiger partial charge in [-0.05, 0) is 39.8 Å². The van der Waals surface area contributed by atoms with Crippen molar-refractivity contribution in [2.75, 3.05) is 38.6 Å². The summed E-state index contributed by atoms with van der Waals surface area (Å²) in [6.07, 6.45) is -2.63. The summed E-state index contributed by atoms with van der Waals surface area (Å²) in [5, 5.41) is 18.2. The normalized spacial score (nSPS) is 15.8. The monoisotopic (exact) mass is 575 g/mol. The molecule has 1 aromatic carbocycles. The zero-order chi connectivity index (χ0) is 30.1. The average molecular weight is 576 g/mol. The van der Waals surface area contributed by atoms with Crippen molar-refractivity contribution < 1.29 is 27.8 Å². The Bertz CT molecular complexity index is 1500. The first-order valence-corrected chi connectivity index (χ1v) is 13.5. The summed E-state index contributed by atoms with van der Waals surface area (Å²) in [4.78, 5) is 31.8. The highest BCUT2D eigenvalue weighted by Gasteiger charge is 2.38. The number of carbonyl (C=O) groups is 1. The molecule has 0 spiro atoms. The maximum atomic E-state index is 15.0. The Kier molecular flexibility index (Phi) is 8.93. The van der Waals surface area contributed by atoms with Crippen LogP contribution < -0.4 is 20.9 Å². The lowest BCUT2D eigenvalue weighted by molar-refractivity contribution is -0.133. The van der Waals surface area contributed by atoms with Crippen LogP contribution in [0.1, 0.15) is 61.5 Å². The van der Waals surface area contributed by atoms with Gasteiger partial charge in [-0.1, -0.05) is 18.2 Å². The van der Waals surface area contributed by atoms with E-state index in [0.717, 1.165) is 6.07 Å². The summed E-state index contributed by atoms with van der Waals surface area (Å²) in [5.74, 6) is -0.460. The number of amides is 1. The van der Waals surface area contributed by atoms with Gasteiger partial charge in [0.1, 0.15) is 18.2 Å². The highest BCUT2D eigenvalue weighted by Crippen LogP contribution is 2.38. The number of halogens is 3. The molecular weight excluding hydrogens is 539 g/mol. The molecule has 1 saturated heterocycles. The van der Waals surface area contributed by atoms with Gasteiger partial charge in [0.25, 0.3) is 12.0 Å². The van der Waals surface area contributed by atoms with E-state index in [0.29, 0.717) is 48.6 Å². The quantitative estimate of drug-likeness (QED) is 0.332. The number of fused-ring (bicyclic) bond motifs is 1. The molecule has 0 radical (unpaired) electrons. The molecule has 12 heteroatoms. The number of aliphatic hydroxyl groups is 1. The minimum Gasteiger partial charge on any atom is -0.488 e. The first kappa shape index (κ1) is 30.3. The van der Waals surface area contributed by atoms with E-state index < -0.39 is 35.0 Å². The zero-order valence-electron chi connectivity index (χ0n) is 23.9. The van der Waals surface area contributed by atoms with Crippen molar-refractivity contribution in [3.8, 4) is 5.75 Å². The first-order chi connectivity index (χ1) is 19.4. The van der Waals surface area contributed by atoms with Crippen molar-refractivity contribution in [3.05, 3.63) is 62.8 Å². The molecule has 41 heavy (non-hydrogen) atoms. The van der Waals surface area contributed by atoms with E-state index >= 15 is 0 Å². The maximum Gasteiger partial charge on any atom is 0.266 e. The van der Waals surface area contributed by atoms with Gasteiger partial charge in [-0.2, -0.15) is 0 Å². The van der Waals surface area contributed by atoms with Crippen molar-refractivity contribution in [1.82, 2.24) is 19.8 Å². The van der Waals surface area contributed by atoms with E-state index in [-0.39, 0.29) is 35.7 Å². The third-order valence-electron chi connectivity index (χ3n) is 7.74. The van der Waals surface area contributed by atoms with Crippen LogP contribution in [0, 0.1) is 12.7 Å². The number of anilines is 1. The Morgan fingerprint density at radius 3 is 2.51 bits per heavy atom. The van der Waals surface area contributed by atoms with Crippen LogP contribution in [0.2, 0.25) is 0 Å². The number of aryl methyl sites for hydroxylation is 2. The maximum absolute atomic E-state index is 15.0. The number of benzene rings is 1. The number of likely N-dealkylation sites (N-methyl/N-ethyl adjacent to an activating group) is 1. The largest absolute Gasteiger partial charge is 0.488 e. The van der Waals surface area contributed by atoms with E-state index in [1.807, 2.05) is 0 Å².